The molecular weight excluding hydrogens is 398 g/mol. The topological polar surface area (TPSA) is 74.3 Å². The van der Waals surface area contributed by atoms with Gasteiger partial charge in [-0.1, -0.05) is 6.92 Å². The maximum absolute atomic E-state index is 12.6. The number of carbonyl (C=O) groups is 2. The molecule has 0 bridgehead atoms. The van der Waals surface area contributed by atoms with Crippen LogP contribution in [0.15, 0.2) is 36.4 Å². The highest BCUT2D eigenvalue weighted by Crippen LogP contribution is 2.40. The molecular formula is C24H31NO6. The van der Waals surface area contributed by atoms with E-state index < -0.39 is 0 Å². The maximum Gasteiger partial charge on any atom is 0.223 e. The Balaban J connectivity index is 1.96. The van der Waals surface area contributed by atoms with Gasteiger partial charge in [-0.3, -0.25) is 9.59 Å². The molecule has 0 atom stereocenters. The molecule has 2 rings (SSSR count). The zero-order chi connectivity index (χ0) is 22.8. The lowest BCUT2D eigenvalue weighted by Gasteiger charge is -2.21. The predicted molar refractivity (Wildman–Crippen MR) is 118 cm³/mol. The Hall–Kier alpha value is -3.22. The third-order valence-corrected chi connectivity index (χ3v) is 4.83. The number of carbonyl (C=O) groups excluding carboxylic acids is 2. The lowest BCUT2D eigenvalue weighted by Crippen LogP contribution is -2.26. The van der Waals surface area contributed by atoms with E-state index in [1.54, 1.807) is 56.5 Å². The van der Waals surface area contributed by atoms with E-state index in [0.717, 1.165) is 17.7 Å². The van der Waals surface area contributed by atoms with Crippen LogP contribution >= 0.6 is 0 Å². The molecule has 0 aliphatic carbocycles. The molecule has 0 saturated carbocycles. The number of hydrogen-bond donors (Lipinski definition) is 0. The van der Waals surface area contributed by atoms with E-state index in [9.17, 15) is 9.59 Å². The molecule has 2 aromatic carbocycles. The first-order chi connectivity index (χ1) is 14.9. The quantitative estimate of drug-likeness (QED) is 0.473. The number of nitrogens with zero attached hydrogens (tertiary/aromatic N) is 1. The van der Waals surface area contributed by atoms with Crippen molar-refractivity contribution in [3.05, 3.63) is 47.5 Å². The molecule has 1 amide bonds. The van der Waals surface area contributed by atoms with Crippen LogP contribution < -0.4 is 18.9 Å². The summed E-state index contributed by atoms with van der Waals surface area (Å²) in [6.07, 6.45) is 1.19. The van der Waals surface area contributed by atoms with Crippen molar-refractivity contribution in [1.82, 2.24) is 4.90 Å². The highest BCUT2D eigenvalue weighted by atomic mass is 16.5. The fraction of sp³-hybridized carbons (Fsp3) is 0.417. The average molecular weight is 430 g/mol. The Morgan fingerprint density at radius 1 is 0.871 bits per heavy atom. The van der Waals surface area contributed by atoms with Crippen molar-refractivity contribution >= 4 is 11.7 Å². The van der Waals surface area contributed by atoms with Gasteiger partial charge >= 0.3 is 0 Å². The molecule has 7 nitrogen and oxygen atoms in total. The summed E-state index contributed by atoms with van der Waals surface area (Å²) >= 11 is 0. The molecule has 0 saturated heterocycles. The highest BCUT2D eigenvalue weighted by Gasteiger charge is 2.19. The zero-order valence-corrected chi connectivity index (χ0v) is 18.9. The third kappa shape index (κ3) is 6.38. The summed E-state index contributed by atoms with van der Waals surface area (Å²) in [5, 5.41) is 0. The summed E-state index contributed by atoms with van der Waals surface area (Å²) in [4.78, 5) is 26.6. The molecule has 0 heterocycles. The Labute approximate surface area is 183 Å². The summed E-state index contributed by atoms with van der Waals surface area (Å²) < 4.78 is 21.7. The van der Waals surface area contributed by atoms with Crippen molar-refractivity contribution in [1.29, 1.82) is 0 Å². The van der Waals surface area contributed by atoms with E-state index in [1.165, 1.54) is 7.11 Å². The normalized spacial score (nSPS) is 10.4. The monoisotopic (exact) mass is 429 g/mol. The van der Waals surface area contributed by atoms with Crippen molar-refractivity contribution in [3.8, 4) is 23.0 Å². The van der Waals surface area contributed by atoms with Crippen LogP contribution in [-0.2, 0) is 11.3 Å². The zero-order valence-electron chi connectivity index (χ0n) is 18.9. The standard InChI is InChI=1S/C24H31NO6/c1-6-15-31-19-10-7-17(8-11-19)20(26)12-14-22(27)25(2)16-18-9-13-21(28-3)24(30-5)23(18)29-4/h7-11,13H,6,12,14-16H2,1-5H3. The molecule has 0 aliphatic heterocycles. The van der Waals surface area contributed by atoms with Crippen LogP contribution in [0.5, 0.6) is 23.0 Å². The number of hydrogen-bond acceptors (Lipinski definition) is 6. The van der Waals surface area contributed by atoms with Gasteiger partial charge in [0, 0.05) is 37.6 Å². The van der Waals surface area contributed by atoms with Crippen LogP contribution in [0.25, 0.3) is 0 Å². The lowest BCUT2D eigenvalue weighted by atomic mass is 10.1. The van der Waals surface area contributed by atoms with Crippen LogP contribution in [0.2, 0.25) is 0 Å². The molecule has 7 heteroatoms. The third-order valence-electron chi connectivity index (χ3n) is 4.83. The van der Waals surface area contributed by atoms with E-state index >= 15 is 0 Å². The molecule has 31 heavy (non-hydrogen) atoms. The van der Waals surface area contributed by atoms with Gasteiger partial charge < -0.3 is 23.8 Å². The van der Waals surface area contributed by atoms with Gasteiger partial charge in [-0.25, -0.2) is 0 Å². The first kappa shape index (κ1) is 24.1. The van der Waals surface area contributed by atoms with E-state index in [2.05, 4.69) is 0 Å². The fourth-order valence-electron chi connectivity index (χ4n) is 3.14. The first-order valence-corrected chi connectivity index (χ1v) is 10.2. The summed E-state index contributed by atoms with van der Waals surface area (Å²) in [5.41, 5.74) is 1.35. The van der Waals surface area contributed by atoms with Crippen LogP contribution in [0.1, 0.15) is 42.1 Å². The van der Waals surface area contributed by atoms with Crippen LogP contribution in [0.3, 0.4) is 0 Å². The Bertz CT molecular complexity index is 878. The highest BCUT2D eigenvalue weighted by molar-refractivity contribution is 5.98. The van der Waals surface area contributed by atoms with Gasteiger partial charge in [-0.2, -0.15) is 0 Å². The predicted octanol–water partition coefficient (Wildman–Crippen LogP) is 4.12. The fourth-order valence-corrected chi connectivity index (χ4v) is 3.14. The van der Waals surface area contributed by atoms with Crippen molar-refractivity contribution in [2.45, 2.75) is 32.7 Å². The second kappa shape index (κ2) is 11.8. The number of ketones is 1. The molecule has 0 spiro atoms. The van der Waals surface area contributed by atoms with Crippen molar-refractivity contribution in [3.63, 3.8) is 0 Å². The Morgan fingerprint density at radius 3 is 2.13 bits per heavy atom. The minimum Gasteiger partial charge on any atom is -0.494 e. The van der Waals surface area contributed by atoms with Crippen molar-refractivity contribution < 1.29 is 28.5 Å². The number of ether oxygens (including phenoxy) is 4. The molecule has 0 aliphatic rings. The van der Waals surface area contributed by atoms with Gasteiger partial charge in [0.2, 0.25) is 11.7 Å². The molecule has 0 unspecified atom stereocenters. The van der Waals surface area contributed by atoms with E-state index in [0.29, 0.717) is 36.0 Å². The number of methoxy groups -OCH3 is 3. The molecule has 2 aromatic rings. The van der Waals surface area contributed by atoms with Crippen LogP contribution in [0, 0.1) is 0 Å². The van der Waals surface area contributed by atoms with Crippen molar-refractivity contribution in [2.24, 2.45) is 0 Å². The van der Waals surface area contributed by atoms with E-state index in [4.69, 9.17) is 18.9 Å². The van der Waals surface area contributed by atoms with Gasteiger partial charge in [-0.05, 0) is 42.8 Å². The van der Waals surface area contributed by atoms with E-state index in [-0.39, 0.29) is 24.5 Å². The molecule has 0 N–H and O–H groups in total. The average Bonchev–Trinajstić information content (AvgIpc) is 2.80. The second-order valence-corrected chi connectivity index (χ2v) is 7.04. The molecule has 0 radical (unpaired) electrons. The van der Waals surface area contributed by atoms with Gasteiger partial charge in [0.1, 0.15) is 5.75 Å². The number of rotatable bonds is 12. The first-order valence-electron chi connectivity index (χ1n) is 10.2. The minimum atomic E-state index is -0.131. The summed E-state index contributed by atoms with van der Waals surface area (Å²) in [6.45, 7) is 2.99. The smallest absolute Gasteiger partial charge is 0.223 e. The van der Waals surface area contributed by atoms with Gasteiger partial charge in [0.15, 0.2) is 17.3 Å². The van der Waals surface area contributed by atoms with Crippen LogP contribution in [-0.4, -0.2) is 51.6 Å². The maximum atomic E-state index is 12.6. The number of benzene rings is 2. The molecule has 0 aromatic heterocycles. The largest absolute Gasteiger partial charge is 0.494 e. The van der Waals surface area contributed by atoms with E-state index in [1.807, 2.05) is 13.0 Å². The summed E-state index contributed by atoms with van der Waals surface area (Å²) in [5.74, 6) is 2.07. The Morgan fingerprint density at radius 2 is 1.55 bits per heavy atom. The summed E-state index contributed by atoms with van der Waals surface area (Å²) in [7, 11) is 6.32. The SMILES string of the molecule is CCCOc1ccc(C(=O)CCC(=O)N(C)Cc2ccc(OC)c(OC)c2OC)cc1. The molecule has 0 fully saturated rings. The van der Waals surface area contributed by atoms with Gasteiger partial charge in [-0.15, -0.1) is 0 Å². The van der Waals surface area contributed by atoms with Crippen molar-refractivity contribution in [2.75, 3.05) is 35.0 Å². The molecule has 168 valence electrons. The van der Waals surface area contributed by atoms with Crippen LogP contribution in [0.4, 0.5) is 0 Å². The number of Topliss-reactive ketones (excluding diaryl/α,β-unsaturated/α-hetero) is 1. The lowest BCUT2D eigenvalue weighted by molar-refractivity contribution is -0.130. The minimum absolute atomic E-state index is 0.0764. The second-order valence-electron chi connectivity index (χ2n) is 7.04. The van der Waals surface area contributed by atoms with Gasteiger partial charge in [0.25, 0.3) is 0 Å². The summed E-state index contributed by atoms with van der Waals surface area (Å²) in [6, 6.07) is 10.6. The Kier molecular flexibility index (Phi) is 9.18. The van der Waals surface area contributed by atoms with Gasteiger partial charge in [0.05, 0.1) is 27.9 Å². The number of amides is 1.